The van der Waals surface area contributed by atoms with E-state index in [-0.39, 0.29) is 59.6 Å². The monoisotopic (exact) mass is 381 g/mol. The Balaban J connectivity index is -0.0000000450. The summed E-state index contributed by atoms with van der Waals surface area (Å²) in [5.41, 5.74) is 0. The van der Waals surface area contributed by atoms with Crippen LogP contribution >= 0.6 is 0 Å². The predicted octanol–water partition coefficient (Wildman–Crippen LogP) is -7.91. The molecule has 0 atom stereocenters. The molecule has 0 N–H and O–H groups in total. The number of pyridine rings is 1. The minimum Gasteiger partial charge on any atom is -1.00 e. The maximum absolute atomic E-state index is 3.78. The Hall–Kier alpha value is 0.760. The van der Waals surface area contributed by atoms with Crippen molar-refractivity contribution in [3.63, 3.8) is 0 Å². The summed E-state index contributed by atoms with van der Waals surface area (Å²) in [5.74, 6) is 0. The molecule has 0 amide bonds. The third-order valence-electron chi connectivity index (χ3n) is 0.566. The summed E-state index contributed by atoms with van der Waals surface area (Å²) in [7, 11) is 0. The van der Waals surface area contributed by atoms with E-state index in [2.05, 4.69) is 4.98 Å². The summed E-state index contributed by atoms with van der Waals surface area (Å²) < 4.78 is 0. The first-order chi connectivity index (χ1) is 3.00. The molecule has 5 heteroatoms. The Morgan fingerprint density at radius 2 is 1.10 bits per heavy atom. The smallest absolute Gasteiger partial charge is 1.00 e. The fraction of sp³-hybridized carbons (Fsp3) is 0. The van der Waals surface area contributed by atoms with Crippen LogP contribution in [0.4, 0.5) is 0 Å². The zero-order valence-corrected chi connectivity index (χ0v) is 9.20. The van der Waals surface area contributed by atoms with Crippen LogP contribution < -0.4 is 37.2 Å². The van der Waals surface area contributed by atoms with Gasteiger partial charge in [0.2, 0.25) is 0 Å². The third kappa shape index (κ3) is 11.5. The van der Waals surface area contributed by atoms with Gasteiger partial charge in [-0.05, 0) is 12.1 Å². The number of rotatable bonds is 0. The third-order valence-corrected chi connectivity index (χ3v) is 0.566. The molecule has 0 fully saturated rings. The molecule has 0 aliphatic rings. The first-order valence-corrected chi connectivity index (χ1v) is 1.85. The minimum atomic E-state index is 0. The summed E-state index contributed by atoms with van der Waals surface area (Å²) in [6.45, 7) is 0. The first kappa shape index (κ1) is 22.4. The molecule has 0 saturated carbocycles. The van der Waals surface area contributed by atoms with Gasteiger partial charge in [-0.2, -0.15) is 0 Å². The zero-order valence-electron chi connectivity index (χ0n) is 4.77. The predicted molar refractivity (Wildman–Crippen MR) is 24.2 cm³/mol. The molecule has 0 spiro atoms. The topological polar surface area (TPSA) is 12.9 Å². The zero-order chi connectivity index (χ0) is 4.24. The molecule has 0 saturated heterocycles. The number of hydrogen-bond donors (Lipinski definition) is 0. The average molecular weight is 382 g/mol. The molecule has 1 rings (SSSR count). The van der Waals surface area contributed by atoms with Crippen molar-refractivity contribution in [1.29, 1.82) is 0 Å². The van der Waals surface area contributed by atoms with Gasteiger partial charge >= 0.3 is 22.4 Å². The van der Waals surface area contributed by atoms with E-state index < -0.39 is 0 Å². The molecule has 10 heavy (non-hydrogen) atoms. The summed E-state index contributed by atoms with van der Waals surface area (Å²) in [5, 5.41) is 0. The van der Waals surface area contributed by atoms with E-state index in [1.807, 2.05) is 18.2 Å². The second-order valence-corrected chi connectivity index (χ2v) is 1.02. The Morgan fingerprint density at radius 1 is 0.700 bits per heavy atom. The summed E-state index contributed by atoms with van der Waals surface area (Å²) in [4.78, 5) is 3.78. The molecule has 0 unspecified atom stereocenters. The molecule has 0 aromatic carbocycles. The molecule has 1 aromatic rings. The van der Waals surface area contributed by atoms with Gasteiger partial charge < -0.3 is 37.2 Å². The van der Waals surface area contributed by atoms with Crippen LogP contribution in [0.2, 0.25) is 0 Å². The van der Waals surface area contributed by atoms with Gasteiger partial charge in [0.05, 0.1) is 0 Å². The SMILES string of the molecule is [Au+].[Cl-].[Cl-].[Cl-].c1ccncc1. The molecule has 0 radical (unpaired) electrons. The largest absolute Gasteiger partial charge is 1.00 e. The average Bonchev–Trinajstić information content (AvgIpc) is 1.72. The normalized spacial score (nSPS) is 4.80. The van der Waals surface area contributed by atoms with Gasteiger partial charge in [0.1, 0.15) is 0 Å². The second kappa shape index (κ2) is 16.4. The molecule has 0 aliphatic carbocycles. The van der Waals surface area contributed by atoms with E-state index in [0.717, 1.165) is 0 Å². The quantitative estimate of drug-likeness (QED) is 0.407. The summed E-state index contributed by atoms with van der Waals surface area (Å²) in [6.07, 6.45) is 3.50. The van der Waals surface area contributed by atoms with Gasteiger partial charge in [-0.3, -0.25) is 4.98 Å². The van der Waals surface area contributed by atoms with Crippen molar-refractivity contribution in [3.05, 3.63) is 30.6 Å². The molecule has 0 bridgehead atoms. The number of aromatic nitrogens is 1. The van der Waals surface area contributed by atoms with Gasteiger partial charge in [0.25, 0.3) is 0 Å². The molecule has 1 heterocycles. The number of nitrogens with zero attached hydrogens (tertiary/aromatic N) is 1. The van der Waals surface area contributed by atoms with E-state index in [1.165, 1.54) is 0 Å². The van der Waals surface area contributed by atoms with Gasteiger partial charge in [-0.25, -0.2) is 0 Å². The molecular formula is C5H5AuCl3N-2. The van der Waals surface area contributed by atoms with E-state index in [0.29, 0.717) is 0 Å². The maximum atomic E-state index is 3.78. The Kier molecular flexibility index (Phi) is 36.8. The Morgan fingerprint density at radius 3 is 1.20 bits per heavy atom. The standard InChI is InChI=1S/C5H5N.Au.3ClH/c1-2-4-6-5-3-1;;;;/h1-5H;;3*1H/q;+1;;;/p-3. The minimum absolute atomic E-state index is 0. The van der Waals surface area contributed by atoms with E-state index >= 15 is 0 Å². The second-order valence-electron chi connectivity index (χ2n) is 1.02. The van der Waals surface area contributed by atoms with E-state index in [4.69, 9.17) is 0 Å². The van der Waals surface area contributed by atoms with Crippen molar-refractivity contribution >= 4 is 0 Å². The molecule has 1 aromatic heterocycles. The fourth-order valence-corrected chi connectivity index (χ4v) is 0.313. The molecule has 0 aliphatic heterocycles. The van der Waals surface area contributed by atoms with Gasteiger partial charge in [0.15, 0.2) is 0 Å². The van der Waals surface area contributed by atoms with Gasteiger partial charge in [-0.1, -0.05) is 6.07 Å². The van der Waals surface area contributed by atoms with Crippen LogP contribution in [0, 0.1) is 0 Å². The van der Waals surface area contributed by atoms with Crippen molar-refractivity contribution in [2.24, 2.45) is 0 Å². The van der Waals surface area contributed by atoms with Crippen molar-refractivity contribution < 1.29 is 59.6 Å². The molecular weight excluding hydrogens is 377 g/mol. The van der Waals surface area contributed by atoms with Gasteiger partial charge in [0, 0.05) is 12.4 Å². The van der Waals surface area contributed by atoms with Crippen LogP contribution in [0.1, 0.15) is 0 Å². The van der Waals surface area contributed by atoms with E-state index in [1.54, 1.807) is 12.4 Å². The maximum Gasteiger partial charge on any atom is 1.00 e. The van der Waals surface area contributed by atoms with Crippen molar-refractivity contribution in [1.82, 2.24) is 4.98 Å². The molecule has 1 nitrogen and oxygen atoms in total. The van der Waals surface area contributed by atoms with Crippen LogP contribution in [-0.4, -0.2) is 4.98 Å². The number of halogens is 3. The van der Waals surface area contributed by atoms with Crippen LogP contribution in [0.15, 0.2) is 30.6 Å². The van der Waals surface area contributed by atoms with Crippen LogP contribution in [-0.2, 0) is 22.4 Å². The van der Waals surface area contributed by atoms with Crippen molar-refractivity contribution in [3.8, 4) is 0 Å². The van der Waals surface area contributed by atoms with Crippen molar-refractivity contribution in [2.75, 3.05) is 0 Å². The van der Waals surface area contributed by atoms with Crippen LogP contribution in [0.25, 0.3) is 0 Å². The Bertz CT molecular complexity index is 88.8. The fourth-order valence-electron chi connectivity index (χ4n) is 0.313. The van der Waals surface area contributed by atoms with E-state index in [9.17, 15) is 0 Å². The van der Waals surface area contributed by atoms with Crippen LogP contribution in [0.5, 0.6) is 0 Å². The van der Waals surface area contributed by atoms with Crippen LogP contribution in [0.3, 0.4) is 0 Å². The van der Waals surface area contributed by atoms with Crippen molar-refractivity contribution in [2.45, 2.75) is 0 Å². The Labute approximate surface area is 94.7 Å². The first-order valence-electron chi connectivity index (χ1n) is 1.85. The summed E-state index contributed by atoms with van der Waals surface area (Å²) >= 11 is 0. The number of hydrogen-bond acceptors (Lipinski definition) is 1. The summed E-state index contributed by atoms with van der Waals surface area (Å²) in [6, 6.07) is 5.72. The molecule has 64 valence electrons. The van der Waals surface area contributed by atoms with Gasteiger partial charge in [-0.15, -0.1) is 0 Å².